The Hall–Kier alpha value is -0.660. The van der Waals surface area contributed by atoms with Crippen LogP contribution in [0.4, 0.5) is 0 Å². The highest BCUT2D eigenvalue weighted by Crippen LogP contribution is 2.22. The third-order valence-electron chi connectivity index (χ3n) is 3.52. The van der Waals surface area contributed by atoms with Crippen molar-refractivity contribution in [2.75, 3.05) is 26.2 Å². The summed E-state index contributed by atoms with van der Waals surface area (Å²) in [5.41, 5.74) is 0. The summed E-state index contributed by atoms with van der Waals surface area (Å²) in [6, 6.07) is 0. The van der Waals surface area contributed by atoms with Gasteiger partial charge in [-0.3, -0.25) is 4.79 Å². The second-order valence-electron chi connectivity index (χ2n) is 6.65. The molecule has 0 aliphatic carbocycles. The highest BCUT2D eigenvalue weighted by Gasteiger charge is 2.36. The maximum Gasteiger partial charge on any atom is 0.307 e. The molecule has 0 aromatic rings. The van der Waals surface area contributed by atoms with Gasteiger partial charge in [-0.05, 0) is 24.7 Å². The van der Waals surface area contributed by atoms with Crippen molar-refractivity contribution in [2.24, 2.45) is 17.8 Å². The maximum absolute atomic E-state index is 12.8. The molecule has 21 heavy (non-hydrogen) atoms. The SMILES string of the molecule is CC(C)CN(CC(C)C)S(=O)(=O)N1CCCC(C(=O)O)C1. The number of piperidine rings is 1. The lowest BCUT2D eigenvalue weighted by Gasteiger charge is -2.35. The highest BCUT2D eigenvalue weighted by atomic mass is 32.2. The van der Waals surface area contributed by atoms with Crippen molar-refractivity contribution in [3.63, 3.8) is 0 Å². The summed E-state index contributed by atoms with van der Waals surface area (Å²) in [5, 5.41) is 9.12. The minimum atomic E-state index is -3.58. The Morgan fingerprint density at radius 2 is 1.76 bits per heavy atom. The molecule has 7 heteroatoms. The average Bonchev–Trinajstić information content (AvgIpc) is 2.37. The van der Waals surface area contributed by atoms with E-state index in [0.29, 0.717) is 32.5 Å². The van der Waals surface area contributed by atoms with Gasteiger partial charge in [-0.1, -0.05) is 27.7 Å². The van der Waals surface area contributed by atoms with Crippen LogP contribution in [0.5, 0.6) is 0 Å². The van der Waals surface area contributed by atoms with Gasteiger partial charge in [0, 0.05) is 26.2 Å². The molecule has 0 aromatic carbocycles. The summed E-state index contributed by atoms with van der Waals surface area (Å²) in [6.45, 7) is 9.38. The van der Waals surface area contributed by atoms with Gasteiger partial charge in [0.2, 0.25) is 0 Å². The molecule has 0 spiro atoms. The summed E-state index contributed by atoms with van der Waals surface area (Å²) in [6.07, 6.45) is 1.16. The zero-order chi connectivity index (χ0) is 16.2. The van der Waals surface area contributed by atoms with Crippen molar-refractivity contribution in [1.82, 2.24) is 8.61 Å². The molecule has 0 saturated carbocycles. The van der Waals surface area contributed by atoms with E-state index in [2.05, 4.69) is 0 Å². The van der Waals surface area contributed by atoms with Crippen LogP contribution in [0.3, 0.4) is 0 Å². The summed E-state index contributed by atoms with van der Waals surface area (Å²) in [4.78, 5) is 11.1. The smallest absolute Gasteiger partial charge is 0.307 e. The topological polar surface area (TPSA) is 77.9 Å². The average molecular weight is 320 g/mol. The molecule has 1 rings (SSSR count). The minimum absolute atomic E-state index is 0.0877. The molecule has 1 aliphatic rings. The second kappa shape index (κ2) is 7.56. The van der Waals surface area contributed by atoms with Crippen LogP contribution in [0, 0.1) is 17.8 Å². The van der Waals surface area contributed by atoms with E-state index >= 15 is 0 Å². The number of nitrogens with zero attached hydrogens (tertiary/aromatic N) is 2. The predicted molar refractivity (Wildman–Crippen MR) is 82.1 cm³/mol. The first-order chi connectivity index (χ1) is 9.64. The normalized spacial score (nSPS) is 21.4. The maximum atomic E-state index is 12.8. The molecule has 1 aliphatic heterocycles. The monoisotopic (exact) mass is 320 g/mol. The third kappa shape index (κ3) is 5.23. The molecule has 1 saturated heterocycles. The Bertz CT molecular complexity index is 438. The molecule has 1 atom stereocenters. The fourth-order valence-corrected chi connectivity index (χ4v) is 4.62. The second-order valence-corrected chi connectivity index (χ2v) is 8.58. The van der Waals surface area contributed by atoms with Crippen LogP contribution in [0.1, 0.15) is 40.5 Å². The van der Waals surface area contributed by atoms with Crippen molar-refractivity contribution in [1.29, 1.82) is 0 Å². The predicted octanol–water partition coefficient (Wildman–Crippen LogP) is 1.64. The summed E-state index contributed by atoms with van der Waals surface area (Å²) >= 11 is 0. The zero-order valence-corrected chi connectivity index (χ0v) is 14.3. The van der Waals surface area contributed by atoms with Gasteiger partial charge in [0.25, 0.3) is 10.2 Å². The highest BCUT2D eigenvalue weighted by molar-refractivity contribution is 7.86. The standard InChI is InChI=1S/C14H28N2O4S/c1-11(2)8-16(9-12(3)4)21(19,20)15-7-5-6-13(10-15)14(17)18/h11-13H,5-10H2,1-4H3,(H,17,18). The van der Waals surface area contributed by atoms with Gasteiger partial charge in [-0.15, -0.1) is 0 Å². The van der Waals surface area contributed by atoms with Crippen LogP contribution >= 0.6 is 0 Å². The molecular formula is C14H28N2O4S. The Kier molecular flexibility index (Phi) is 6.62. The third-order valence-corrected chi connectivity index (χ3v) is 5.46. The van der Waals surface area contributed by atoms with Gasteiger partial charge in [-0.25, -0.2) is 0 Å². The number of rotatable bonds is 7. The lowest BCUT2D eigenvalue weighted by molar-refractivity contribution is -0.142. The fraction of sp³-hybridized carbons (Fsp3) is 0.929. The molecule has 1 N–H and O–H groups in total. The fourth-order valence-electron chi connectivity index (χ4n) is 2.59. The Morgan fingerprint density at radius 3 is 2.19 bits per heavy atom. The molecule has 124 valence electrons. The Morgan fingerprint density at radius 1 is 1.24 bits per heavy atom. The van der Waals surface area contributed by atoms with E-state index in [9.17, 15) is 13.2 Å². The van der Waals surface area contributed by atoms with Crippen LogP contribution < -0.4 is 0 Å². The van der Waals surface area contributed by atoms with E-state index < -0.39 is 22.1 Å². The summed E-state index contributed by atoms with van der Waals surface area (Å²) in [5.74, 6) is -1.03. The van der Waals surface area contributed by atoms with Crippen molar-refractivity contribution in [3.05, 3.63) is 0 Å². The molecule has 1 heterocycles. The van der Waals surface area contributed by atoms with Crippen LogP contribution in [-0.4, -0.2) is 54.3 Å². The van der Waals surface area contributed by atoms with Crippen LogP contribution in [0.2, 0.25) is 0 Å². The first-order valence-corrected chi connectivity index (χ1v) is 9.02. The molecule has 6 nitrogen and oxygen atoms in total. The van der Waals surface area contributed by atoms with E-state index in [1.54, 1.807) is 0 Å². The number of aliphatic carboxylic acids is 1. The largest absolute Gasteiger partial charge is 0.481 e. The van der Waals surface area contributed by atoms with Crippen LogP contribution in [0.25, 0.3) is 0 Å². The number of hydrogen-bond donors (Lipinski definition) is 1. The molecule has 0 bridgehead atoms. The van der Waals surface area contributed by atoms with Crippen molar-refractivity contribution in [3.8, 4) is 0 Å². The van der Waals surface area contributed by atoms with E-state index in [-0.39, 0.29) is 18.4 Å². The lowest BCUT2D eigenvalue weighted by Crippen LogP contribution is -2.50. The minimum Gasteiger partial charge on any atom is -0.481 e. The van der Waals surface area contributed by atoms with Crippen molar-refractivity contribution >= 4 is 16.2 Å². The molecular weight excluding hydrogens is 292 g/mol. The van der Waals surface area contributed by atoms with Crippen molar-refractivity contribution < 1.29 is 18.3 Å². The van der Waals surface area contributed by atoms with Crippen LogP contribution in [0.15, 0.2) is 0 Å². The zero-order valence-electron chi connectivity index (χ0n) is 13.4. The van der Waals surface area contributed by atoms with Gasteiger partial charge in [0.1, 0.15) is 0 Å². The lowest BCUT2D eigenvalue weighted by atomic mass is 10.0. The van der Waals surface area contributed by atoms with Gasteiger partial charge in [0.05, 0.1) is 5.92 Å². The molecule has 1 fully saturated rings. The van der Waals surface area contributed by atoms with E-state index in [0.717, 1.165) is 0 Å². The van der Waals surface area contributed by atoms with Gasteiger partial charge < -0.3 is 5.11 Å². The Balaban J connectivity index is 2.90. The number of hydrogen-bond acceptors (Lipinski definition) is 3. The molecule has 0 radical (unpaired) electrons. The van der Waals surface area contributed by atoms with Crippen LogP contribution in [-0.2, 0) is 15.0 Å². The van der Waals surface area contributed by atoms with Gasteiger partial charge >= 0.3 is 5.97 Å². The van der Waals surface area contributed by atoms with E-state index in [4.69, 9.17) is 5.11 Å². The summed E-state index contributed by atoms with van der Waals surface area (Å²) < 4.78 is 28.4. The van der Waals surface area contributed by atoms with E-state index in [1.165, 1.54) is 8.61 Å². The summed E-state index contributed by atoms with van der Waals surface area (Å²) in [7, 11) is -3.58. The molecule has 0 amide bonds. The molecule has 0 aromatic heterocycles. The molecule has 1 unspecified atom stereocenters. The van der Waals surface area contributed by atoms with Gasteiger partial charge in [-0.2, -0.15) is 17.0 Å². The van der Waals surface area contributed by atoms with E-state index in [1.807, 2.05) is 27.7 Å². The number of carboxylic acid groups (broad SMARTS) is 1. The van der Waals surface area contributed by atoms with Gasteiger partial charge in [0.15, 0.2) is 0 Å². The first kappa shape index (κ1) is 18.4. The number of carbonyl (C=O) groups is 1. The number of carboxylic acids is 1. The quantitative estimate of drug-likeness (QED) is 0.773. The first-order valence-electron chi connectivity index (χ1n) is 7.62. The van der Waals surface area contributed by atoms with Crippen molar-refractivity contribution in [2.45, 2.75) is 40.5 Å². The Labute approximate surface area is 128 Å².